The van der Waals surface area contributed by atoms with E-state index >= 15 is 0 Å². The van der Waals surface area contributed by atoms with Gasteiger partial charge in [-0.3, -0.25) is 0 Å². The Labute approximate surface area is 169 Å². The van der Waals surface area contributed by atoms with Gasteiger partial charge < -0.3 is 0 Å². The van der Waals surface area contributed by atoms with E-state index < -0.39 is 0 Å². The van der Waals surface area contributed by atoms with Gasteiger partial charge in [0.25, 0.3) is 0 Å². The molecule has 0 N–H and O–H groups in total. The number of allylic oxidation sites excluding steroid dienone is 4. The molecule has 27 heavy (non-hydrogen) atoms. The first kappa shape index (κ1) is 24.9. The molecule has 0 saturated carbocycles. The van der Waals surface area contributed by atoms with E-state index in [2.05, 4.69) is 94.5 Å². The molecule has 1 unspecified atom stereocenters. The van der Waals surface area contributed by atoms with Crippen molar-refractivity contribution in [1.29, 1.82) is 0 Å². The smallest absolute Gasteiger partial charge is 0.00561 e. The van der Waals surface area contributed by atoms with Gasteiger partial charge in [0.05, 0.1) is 0 Å². The molecule has 0 fully saturated rings. The summed E-state index contributed by atoms with van der Waals surface area (Å²) in [5, 5.41) is 0. The molecular weight excluding hydrogens is 324 g/mol. The molecule has 148 valence electrons. The second kappa shape index (κ2) is 15.0. The summed E-state index contributed by atoms with van der Waals surface area (Å²) in [6.45, 7) is 16.5. The van der Waals surface area contributed by atoms with Crippen LogP contribution < -0.4 is 0 Å². The van der Waals surface area contributed by atoms with Crippen molar-refractivity contribution in [2.24, 2.45) is 0 Å². The van der Waals surface area contributed by atoms with E-state index in [-0.39, 0.29) is 0 Å². The van der Waals surface area contributed by atoms with Gasteiger partial charge >= 0.3 is 0 Å². The molecule has 0 heterocycles. The maximum absolute atomic E-state index is 2.36. The Kier molecular flexibility index (Phi) is 13.9. The molecule has 1 aliphatic carbocycles. The highest BCUT2D eigenvalue weighted by Gasteiger charge is 2.11. The lowest BCUT2D eigenvalue weighted by Gasteiger charge is -2.17. The van der Waals surface area contributed by atoms with Crippen molar-refractivity contribution in [3.63, 3.8) is 0 Å². The highest BCUT2D eigenvalue weighted by molar-refractivity contribution is 5.75. The van der Waals surface area contributed by atoms with Crippen LogP contribution in [0.2, 0.25) is 0 Å². The van der Waals surface area contributed by atoms with E-state index in [1.165, 1.54) is 34.2 Å². The first-order valence-corrected chi connectivity index (χ1v) is 10.7. The third-order valence-corrected chi connectivity index (χ3v) is 3.99. The van der Waals surface area contributed by atoms with Gasteiger partial charge in [-0.05, 0) is 37.0 Å². The van der Waals surface area contributed by atoms with Crippen LogP contribution in [0.5, 0.6) is 0 Å². The van der Waals surface area contributed by atoms with E-state index in [4.69, 9.17) is 0 Å². The molecule has 2 aromatic carbocycles. The van der Waals surface area contributed by atoms with Crippen LogP contribution in [0.3, 0.4) is 0 Å². The minimum absolute atomic E-state index is 0.518. The molecule has 0 aromatic heterocycles. The fourth-order valence-corrected chi connectivity index (χ4v) is 2.64. The summed E-state index contributed by atoms with van der Waals surface area (Å²) in [5.74, 6) is 0.518. The molecule has 0 saturated heterocycles. The van der Waals surface area contributed by atoms with Gasteiger partial charge in [0.2, 0.25) is 0 Å². The Morgan fingerprint density at radius 2 is 1.19 bits per heavy atom. The summed E-state index contributed by atoms with van der Waals surface area (Å²) in [7, 11) is 0. The van der Waals surface area contributed by atoms with Gasteiger partial charge in [-0.1, -0.05) is 126 Å². The van der Waals surface area contributed by atoms with Crippen molar-refractivity contribution in [2.45, 2.75) is 74.1 Å². The van der Waals surface area contributed by atoms with Crippen LogP contribution in [-0.2, 0) is 0 Å². The van der Waals surface area contributed by atoms with Crippen molar-refractivity contribution >= 4 is 5.57 Å². The van der Waals surface area contributed by atoms with Crippen molar-refractivity contribution in [3.05, 3.63) is 89.0 Å². The minimum atomic E-state index is 0.518. The van der Waals surface area contributed by atoms with Gasteiger partial charge in [0, 0.05) is 5.92 Å². The van der Waals surface area contributed by atoms with Crippen LogP contribution in [-0.4, -0.2) is 0 Å². The first-order valence-electron chi connectivity index (χ1n) is 10.7. The Morgan fingerprint density at radius 3 is 1.59 bits per heavy atom. The molecule has 0 radical (unpaired) electrons. The van der Waals surface area contributed by atoms with Crippen LogP contribution >= 0.6 is 0 Å². The van der Waals surface area contributed by atoms with Crippen LogP contribution in [0.15, 0.2) is 66.8 Å². The van der Waals surface area contributed by atoms with E-state index in [0.717, 1.165) is 6.42 Å². The summed E-state index contributed by atoms with van der Waals surface area (Å²) in [6.07, 6.45) is 9.29. The highest BCUT2D eigenvalue weighted by Crippen LogP contribution is 2.30. The van der Waals surface area contributed by atoms with E-state index in [1.807, 2.05) is 27.7 Å². The minimum Gasteiger partial charge on any atom is -0.0761 e. The lowest BCUT2D eigenvalue weighted by atomic mass is 9.88. The zero-order valence-electron chi connectivity index (χ0n) is 18.8. The van der Waals surface area contributed by atoms with Gasteiger partial charge in [0.1, 0.15) is 0 Å². The average molecular weight is 365 g/mol. The molecule has 0 nitrogen and oxygen atoms in total. The normalized spacial score (nSPS) is 14.4. The topological polar surface area (TPSA) is 0 Å². The van der Waals surface area contributed by atoms with Crippen LogP contribution in [0, 0.1) is 13.8 Å². The number of hydrogen-bond acceptors (Lipinski definition) is 0. The maximum Gasteiger partial charge on any atom is 0.00561 e. The number of aryl methyl sites for hydroxylation is 2. The largest absolute Gasteiger partial charge is 0.0761 e. The van der Waals surface area contributed by atoms with Gasteiger partial charge in [-0.25, -0.2) is 0 Å². The van der Waals surface area contributed by atoms with Gasteiger partial charge in [-0.15, -0.1) is 0 Å². The zero-order chi connectivity index (χ0) is 20.7. The second-order valence-corrected chi connectivity index (χ2v) is 6.34. The fourth-order valence-electron chi connectivity index (χ4n) is 2.64. The molecule has 1 aliphatic rings. The summed E-state index contributed by atoms with van der Waals surface area (Å²) >= 11 is 0. The Hall–Kier alpha value is -2.08. The summed E-state index contributed by atoms with van der Waals surface area (Å²) in [4.78, 5) is 0. The molecule has 0 spiro atoms. The molecule has 0 bridgehead atoms. The van der Waals surface area contributed by atoms with E-state index in [0.29, 0.717) is 5.92 Å². The average Bonchev–Trinajstić information content (AvgIpc) is 2.73. The molecule has 1 atom stereocenters. The van der Waals surface area contributed by atoms with Crippen LogP contribution in [0.1, 0.15) is 82.6 Å². The van der Waals surface area contributed by atoms with Crippen molar-refractivity contribution in [2.75, 3.05) is 0 Å². The summed E-state index contributed by atoms with van der Waals surface area (Å²) in [6, 6.07) is 17.6. The molecule has 0 aliphatic heterocycles. The first-order chi connectivity index (χ1) is 13.1. The second-order valence-electron chi connectivity index (χ2n) is 6.34. The third-order valence-electron chi connectivity index (χ3n) is 3.99. The molecular formula is C27H40. The number of hydrogen-bond donors (Lipinski definition) is 0. The van der Waals surface area contributed by atoms with E-state index in [1.54, 1.807) is 0 Å². The molecule has 0 amide bonds. The van der Waals surface area contributed by atoms with Crippen molar-refractivity contribution < 1.29 is 0 Å². The molecule has 0 heteroatoms. The van der Waals surface area contributed by atoms with Gasteiger partial charge in [-0.2, -0.15) is 0 Å². The summed E-state index contributed by atoms with van der Waals surface area (Å²) < 4.78 is 0. The van der Waals surface area contributed by atoms with Crippen molar-refractivity contribution in [3.8, 4) is 0 Å². The number of benzene rings is 2. The highest BCUT2D eigenvalue weighted by atomic mass is 14.2. The third kappa shape index (κ3) is 8.91. The lowest BCUT2D eigenvalue weighted by molar-refractivity contribution is 0.856. The predicted octanol–water partition coefficient (Wildman–Crippen LogP) is 8.90. The Morgan fingerprint density at radius 1 is 0.741 bits per heavy atom. The monoisotopic (exact) mass is 364 g/mol. The van der Waals surface area contributed by atoms with Crippen LogP contribution in [0.4, 0.5) is 0 Å². The standard InChI is InChI=1S/C20H20.C3H8.2C2H6/c1-15-3-7-17(8-4-15)19-11-13-20(14-12-19)18-9-5-16(2)6-10-18;1-3-2;2*1-2/h3-13,20H,14H2,1-2H3;3H2,1-2H3;2*1-2H3. The lowest BCUT2D eigenvalue weighted by Crippen LogP contribution is -1.98. The SMILES string of the molecule is CC.CC.CCC.Cc1ccc(C2=CCC(c3ccc(C)cc3)C=C2)cc1. The Balaban J connectivity index is 0.000000860. The van der Waals surface area contributed by atoms with E-state index in [9.17, 15) is 0 Å². The van der Waals surface area contributed by atoms with Crippen molar-refractivity contribution in [1.82, 2.24) is 0 Å². The molecule has 2 aromatic rings. The Bertz CT molecular complexity index is 654. The number of rotatable bonds is 2. The predicted molar refractivity (Wildman–Crippen MR) is 125 cm³/mol. The quantitative estimate of drug-likeness (QED) is 0.499. The maximum atomic E-state index is 2.36. The van der Waals surface area contributed by atoms with Gasteiger partial charge in [0.15, 0.2) is 0 Å². The summed E-state index contributed by atoms with van der Waals surface area (Å²) in [5.41, 5.74) is 6.70. The molecule has 3 rings (SSSR count). The zero-order valence-corrected chi connectivity index (χ0v) is 18.8. The fraction of sp³-hybridized carbons (Fsp3) is 0.407. The van der Waals surface area contributed by atoms with Crippen LogP contribution in [0.25, 0.3) is 5.57 Å².